The number of ketones is 1. The van der Waals surface area contributed by atoms with Crippen LogP contribution in [-0.4, -0.2) is 38.1 Å². The molecular formula is C28H30N2O4S. The van der Waals surface area contributed by atoms with Gasteiger partial charge in [-0.2, -0.15) is 0 Å². The third-order valence-electron chi connectivity index (χ3n) is 6.66. The summed E-state index contributed by atoms with van der Waals surface area (Å²) in [6.45, 7) is 6.87. The number of sulfonamides is 1. The van der Waals surface area contributed by atoms with Crippen molar-refractivity contribution in [1.82, 2.24) is 4.90 Å². The zero-order valence-electron chi connectivity index (χ0n) is 20.2. The number of carbonyl (C=O) groups excluding carboxylic acids is 2. The van der Waals surface area contributed by atoms with Gasteiger partial charge >= 0.3 is 0 Å². The second-order valence-corrected chi connectivity index (χ2v) is 10.9. The van der Waals surface area contributed by atoms with E-state index in [1.165, 1.54) is 12.1 Å². The summed E-state index contributed by atoms with van der Waals surface area (Å²) in [6.07, 6.45) is 1.23. The largest absolute Gasteiger partial charge is 0.339 e. The number of hydrogen-bond donors (Lipinski definition) is 1. The van der Waals surface area contributed by atoms with Gasteiger partial charge in [-0.05, 0) is 81.1 Å². The van der Waals surface area contributed by atoms with Gasteiger partial charge in [0.25, 0.3) is 15.9 Å². The molecular weight excluding hydrogens is 460 g/mol. The first-order valence-corrected chi connectivity index (χ1v) is 13.2. The highest BCUT2D eigenvalue weighted by atomic mass is 32.2. The average Bonchev–Trinajstić information content (AvgIpc) is 2.86. The van der Waals surface area contributed by atoms with Crippen molar-refractivity contribution >= 4 is 27.4 Å². The number of carbonyl (C=O) groups is 2. The van der Waals surface area contributed by atoms with E-state index in [1.54, 1.807) is 29.2 Å². The fourth-order valence-corrected chi connectivity index (χ4v) is 5.33. The van der Waals surface area contributed by atoms with Crippen LogP contribution in [0.5, 0.6) is 0 Å². The first kappa shape index (κ1) is 24.7. The van der Waals surface area contributed by atoms with E-state index >= 15 is 0 Å². The third-order valence-corrected chi connectivity index (χ3v) is 8.06. The molecule has 1 aliphatic heterocycles. The van der Waals surface area contributed by atoms with Gasteiger partial charge in [0.2, 0.25) is 0 Å². The van der Waals surface area contributed by atoms with Gasteiger partial charge in [-0.15, -0.1) is 0 Å². The highest BCUT2D eigenvalue weighted by Crippen LogP contribution is 2.24. The van der Waals surface area contributed by atoms with E-state index in [9.17, 15) is 18.0 Å². The zero-order valence-corrected chi connectivity index (χ0v) is 21.1. The Balaban J connectivity index is 1.38. The Bertz CT molecular complexity index is 1340. The Hall–Kier alpha value is -3.45. The van der Waals surface area contributed by atoms with Gasteiger partial charge in [0.05, 0.1) is 4.90 Å². The summed E-state index contributed by atoms with van der Waals surface area (Å²) >= 11 is 0. The molecule has 1 saturated heterocycles. The number of anilines is 1. The van der Waals surface area contributed by atoms with Gasteiger partial charge in [0.1, 0.15) is 0 Å². The molecule has 0 aromatic heterocycles. The van der Waals surface area contributed by atoms with Crippen LogP contribution in [0.3, 0.4) is 0 Å². The van der Waals surface area contributed by atoms with Crippen LogP contribution in [0.25, 0.3) is 0 Å². The standard InChI is InChI=1S/C28H30N2O4S/c1-19-4-7-22(8-5-19)27(31)23-14-16-30(17-15-23)28(32)24-9-12-26(13-10-24)35(33,34)29-25-11-6-20(2)21(3)18-25/h4-13,18,23,29H,14-17H2,1-3H3. The number of rotatable bonds is 6. The molecule has 1 aliphatic rings. The molecule has 1 amide bonds. The summed E-state index contributed by atoms with van der Waals surface area (Å²) in [5.41, 5.74) is 4.83. The fraction of sp³-hybridized carbons (Fsp3) is 0.286. The van der Waals surface area contributed by atoms with Crippen LogP contribution in [0.4, 0.5) is 5.69 Å². The molecule has 0 radical (unpaired) electrons. The van der Waals surface area contributed by atoms with E-state index in [0.717, 1.165) is 16.7 Å². The Morgan fingerprint density at radius 1 is 0.800 bits per heavy atom. The van der Waals surface area contributed by atoms with Crippen molar-refractivity contribution in [2.45, 2.75) is 38.5 Å². The predicted molar refractivity (Wildman–Crippen MR) is 137 cm³/mol. The number of aryl methyl sites for hydroxylation is 3. The lowest BCUT2D eigenvalue weighted by Crippen LogP contribution is -2.40. The maximum absolute atomic E-state index is 13.0. The van der Waals surface area contributed by atoms with Crippen LogP contribution < -0.4 is 4.72 Å². The Morgan fingerprint density at radius 2 is 1.40 bits per heavy atom. The minimum atomic E-state index is -3.77. The number of likely N-dealkylation sites (tertiary alicyclic amines) is 1. The SMILES string of the molecule is Cc1ccc(C(=O)C2CCN(C(=O)c3ccc(S(=O)(=O)Nc4ccc(C)c(C)c4)cc3)CC2)cc1. The van der Waals surface area contributed by atoms with Gasteiger partial charge in [-0.3, -0.25) is 14.3 Å². The van der Waals surface area contributed by atoms with Crippen LogP contribution in [0, 0.1) is 26.7 Å². The van der Waals surface area contributed by atoms with E-state index in [-0.39, 0.29) is 22.5 Å². The van der Waals surface area contributed by atoms with Crippen molar-refractivity contribution in [2.75, 3.05) is 17.8 Å². The summed E-state index contributed by atoms with van der Waals surface area (Å²) in [5.74, 6) is -0.119. The highest BCUT2D eigenvalue weighted by molar-refractivity contribution is 7.92. The maximum Gasteiger partial charge on any atom is 0.261 e. The number of Topliss-reactive ketones (excluding diaryl/α,β-unsaturated/α-hetero) is 1. The van der Waals surface area contributed by atoms with Crippen molar-refractivity contribution in [3.63, 3.8) is 0 Å². The molecule has 0 unspecified atom stereocenters. The lowest BCUT2D eigenvalue weighted by atomic mass is 9.88. The molecule has 3 aromatic carbocycles. The number of piperidine rings is 1. The number of nitrogens with one attached hydrogen (secondary N) is 1. The molecule has 6 nitrogen and oxygen atoms in total. The van der Waals surface area contributed by atoms with Gasteiger partial charge in [-0.1, -0.05) is 35.9 Å². The van der Waals surface area contributed by atoms with Crippen LogP contribution in [0.15, 0.2) is 71.6 Å². The number of nitrogens with zero attached hydrogens (tertiary/aromatic N) is 1. The van der Waals surface area contributed by atoms with Crippen molar-refractivity contribution in [3.05, 3.63) is 94.5 Å². The topological polar surface area (TPSA) is 83.6 Å². The normalized spacial score (nSPS) is 14.5. The van der Waals surface area contributed by atoms with E-state index in [1.807, 2.05) is 51.1 Å². The Labute approximate surface area is 207 Å². The third kappa shape index (κ3) is 5.62. The van der Waals surface area contributed by atoms with Gasteiger partial charge < -0.3 is 4.90 Å². The van der Waals surface area contributed by atoms with Crippen LogP contribution in [0.2, 0.25) is 0 Å². The minimum Gasteiger partial charge on any atom is -0.339 e. The van der Waals surface area contributed by atoms with E-state index in [2.05, 4.69) is 4.72 Å². The first-order valence-electron chi connectivity index (χ1n) is 11.7. The van der Waals surface area contributed by atoms with E-state index in [0.29, 0.717) is 42.7 Å². The molecule has 0 atom stereocenters. The van der Waals surface area contributed by atoms with Crippen molar-refractivity contribution in [1.29, 1.82) is 0 Å². The molecule has 182 valence electrons. The summed E-state index contributed by atoms with van der Waals surface area (Å²) in [4.78, 5) is 27.6. The Morgan fingerprint density at radius 3 is 2.00 bits per heavy atom. The summed E-state index contributed by atoms with van der Waals surface area (Å²) in [6, 6.07) is 19.0. The van der Waals surface area contributed by atoms with Crippen molar-refractivity contribution in [3.8, 4) is 0 Å². The second kappa shape index (κ2) is 10.0. The Kier molecular flexibility index (Phi) is 7.08. The number of amides is 1. The molecule has 1 heterocycles. The van der Waals surface area contributed by atoms with Crippen LogP contribution in [-0.2, 0) is 10.0 Å². The van der Waals surface area contributed by atoms with E-state index < -0.39 is 10.0 Å². The summed E-state index contributed by atoms with van der Waals surface area (Å²) in [7, 11) is -3.77. The molecule has 1 fully saturated rings. The molecule has 0 bridgehead atoms. The molecule has 0 aliphatic carbocycles. The predicted octanol–water partition coefficient (Wildman–Crippen LogP) is 5.15. The average molecular weight is 491 g/mol. The maximum atomic E-state index is 13.0. The number of hydrogen-bond acceptors (Lipinski definition) is 4. The highest BCUT2D eigenvalue weighted by Gasteiger charge is 2.28. The zero-order chi connectivity index (χ0) is 25.2. The van der Waals surface area contributed by atoms with Gasteiger partial charge in [0, 0.05) is 35.8 Å². The van der Waals surface area contributed by atoms with Crippen LogP contribution in [0.1, 0.15) is 50.2 Å². The fourth-order valence-electron chi connectivity index (χ4n) is 4.28. The molecule has 0 spiro atoms. The van der Waals surface area contributed by atoms with Gasteiger partial charge in [0.15, 0.2) is 5.78 Å². The summed E-state index contributed by atoms with van der Waals surface area (Å²) < 4.78 is 28.1. The number of benzene rings is 3. The summed E-state index contributed by atoms with van der Waals surface area (Å²) in [5, 5.41) is 0. The van der Waals surface area contributed by atoms with Crippen LogP contribution >= 0.6 is 0 Å². The lowest BCUT2D eigenvalue weighted by molar-refractivity contribution is 0.0650. The molecule has 3 aromatic rings. The quantitative estimate of drug-likeness (QED) is 0.485. The molecule has 35 heavy (non-hydrogen) atoms. The molecule has 4 rings (SSSR count). The minimum absolute atomic E-state index is 0.0919. The first-order chi connectivity index (χ1) is 16.6. The smallest absolute Gasteiger partial charge is 0.261 e. The van der Waals surface area contributed by atoms with Crippen molar-refractivity contribution in [2.24, 2.45) is 5.92 Å². The molecule has 0 saturated carbocycles. The van der Waals surface area contributed by atoms with E-state index in [4.69, 9.17) is 0 Å². The molecule has 7 heteroatoms. The van der Waals surface area contributed by atoms with Crippen molar-refractivity contribution < 1.29 is 18.0 Å². The van der Waals surface area contributed by atoms with Gasteiger partial charge in [-0.25, -0.2) is 8.42 Å². The second-order valence-electron chi connectivity index (χ2n) is 9.23. The monoisotopic (exact) mass is 490 g/mol. The molecule has 1 N–H and O–H groups in total. The lowest BCUT2D eigenvalue weighted by Gasteiger charge is -2.31.